The van der Waals surface area contributed by atoms with Crippen LogP contribution >= 0.6 is 0 Å². The second-order valence-electron chi connectivity index (χ2n) is 6.03. The monoisotopic (exact) mass is 306 g/mol. The summed E-state index contributed by atoms with van der Waals surface area (Å²) in [5.74, 6) is 1.07. The largest absolute Gasteiger partial charge is 0.441 e. The summed E-state index contributed by atoms with van der Waals surface area (Å²) in [6, 6.07) is 3.90. The summed E-state index contributed by atoms with van der Waals surface area (Å²) in [5, 5.41) is 9.58. The Bertz CT molecular complexity index is 511. The molecule has 1 N–H and O–H groups in total. The maximum Gasteiger partial charge on any atom is 0.416 e. The topological polar surface area (TPSA) is 71.9 Å². The van der Waals surface area contributed by atoms with Gasteiger partial charge in [0.2, 0.25) is 0 Å². The maximum atomic E-state index is 11.9. The van der Waals surface area contributed by atoms with E-state index in [0.29, 0.717) is 24.9 Å². The van der Waals surface area contributed by atoms with Gasteiger partial charge in [0.25, 0.3) is 0 Å². The zero-order chi connectivity index (χ0) is 15.5. The Balaban J connectivity index is 1.65. The third-order valence-corrected chi connectivity index (χ3v) is 4.44. The molecule has 1 saturated heterocycles. The Morgan fingerprint density at radius 1 is 1.36 bits per heavy atom. The second-order valence-corrected chi connectivity index (χ2v) is 6.03. The summed E-state index contributed by atoms with van der Waals surface area (Å²) in [6.07, 6.45) is 4.76. The van der Waals surface area contributed by atoms with E-state index in [1.54, 1.807) is 7.11 Å². The normalized spacial score (nSPS) is 28.7. The molecule has 120 valence electrons. The van der Waals surface area contributed by atoms with Gasteiger partial charge in [0.05, 0.1) is 19.3 Å². The first-order chi connectivity index (χ1) is 10.7. The predicted octanol–water partition coefficient (Wildman–Crippen LogP) is 2.07. The molecule has 0 radical (unpaired) electrons. The molecule has 1 aromatic heterocycles. The number of anilines is 1. The number of hydrogen-bond acceptors (Lipinski definition) is 5. The van der Waals surface area contributed by atoms with Crippen LogP contribution < -0.4 is 4.90 Å². The Labute approximate surface area is 130 Å². The van der Waals surface area contributed by atoms with Crippen LogP contribution in [0.1, 0.15) is 37.2 Å². The molecule has 1 aliphatic carbocycles. The number of ether oxygens (including phenoxy) is 2. The quantitative estimate of drug-likeness (QED) is 0.922. The van der Waals surface area contributed by atoms with Crippen molar-refractivity contribution in [1.29, 1.82) is 0 Å². The smallest absolute Gasteiger partial charge is 0.416 e. The van der Waals surface area contributed by atoms with Crippen LogP contribution in [0.4, 0.5) is 10.6 Å². The number of rotatable bonds is 4. The minimum absolute atomic E-state index is 0.152. The van der Waals surface area contributed by atoms with Gasteiger partial charge in [0, 0.05) is 13.3 Å². The van der Waals surface area contributed by atoms with E-state index in [-0.39, 0.29) is 18.3 Å². The summed E-state index contributed by atoms with van der Waals surface area (Å²) in [4.78, 5) is 17.8. The van der Waals surface area contributed by atoms with Crippen molar-refractivity contribution in [3.05, 3.63) is 23.9 Å². The van der Waals surface area contributed by atoms with Crippen molar-refractivity contribution in [3.8, 4) is 0 Å². The summed E-state index contributed by atoms with van der Waals surface area (Å²) in [6.45, 7) is 0.860. The van der Waals surface area contributed by atoms with Crippen molar-refractivity contribution in [2.45, 2.75) is 43.8 Å². The van der Waals surface area contributed by atoms with Crippen molar-refractivity contribution in [1.82, 2.24) is 4.98 Å². The van der Waals surface area contributed by atoms with Crippen molar-refractivity contribution in [2.24, 2.45) is 0 Å². The fourth-order valence-electron chi connectivity index (χ4n) is 3.19. The molecular formula is C16H22N2O4. The Hall–Kier alpha value is -1.66. The molecule has 0 unspecified atom stereocenters. The second kappa shape index (κ2) is 6.62. The maximum absolute atomic E-state index is 11.9. The lowest BCUT2D eigenvalue weighted by atomic mass is 9.83. The van der Waals surface area contributed by atoms with E-state index in [4.69, 9.17) is 9.47 Å². The number of methoxy groups -OCH3 is 1. The summed E-state index contributed by atoms with van der Waals surface area (Å²) in [7, 11) is 1.59. The molecular weight excluding hydrogens is 284 g/mol. The average Bonchev–Trinajstić information content (AvgIpc) is 2.89. The Kier molecular flexibility index (Phi) is 4.59. The molecule has 1 aliphatic heterocycles. The minimum Gasteiger partial charge on any atom is -0.441 e. The molecule has 1 amide bonds. The first kappa shape index (κ1) is 15.2. The molecule has 1 atom stereocenters. The summed E-state index contributed by atoms with van der Waals surface area (Å²) < 4.78 is 10.2. The minimum atomic E-state index is -0.372. The molecule has 0 spiro atoms. The highest BCUT2D eigenvalue weighted by Crippen LogP contribution is 2.33. The standard InChI is InChI=1S/C16H22N2O4/c1-21-10-14-9-18(16(20)22-14)15-7-4-12(8-17-15)11-2-5-13(19)6-3-11/h4,7-8,11,13-14,19H,2-3,5-6,9-10H2,1H3/t11?,13?,14-/m0/s1. The van der Waals surface area contributed by atoms with E-state index < -0.39 is 0 Å². The van der Waals surface area contributed by atoms with Crippen molar-refractivity contribution >= 4 is 11.9 Å². The first-order valence-corrected chi connectivity index (χ1v) is 7.78. The number of amides is 1. The van der Waals surface area contributed by atoms with Crippen LogP contribution in [0, 0.1) is 0 Å². The number of pyridine rings is 1. The van der Waals surface area contributed by atoms with E-state index in [0.717, 1.165) is 25.7 Å². The molecule has 2 aliphatic rings. The van der Waals surface area contributed by atoms with Gasteiger partial charge in [0.1, 0.15) is 11.9 Å². The molecule has 6 nitrogen and oxygen atoms in total. The van der Waals surface area contributed by atoms with E-state index in [9.17, 15) is 9.90 Å². The van der Waals surface area contributed by atoms with Crippen LogP contribution in [0.2, 0.25) is 0 Å². The van der Waals surface area contributed by atoms with Gasteiger partial charge in [0.15, 0.2) is 0 Å². The molecule has 22 heavy (non-hydrogen) atoms. The van der Waals surface area contributed by atoms with Crippen LogP contribution in [0.15, 0.2) is 18.3 Å². The van der Waals surface area contributed by atoms with Crippen molar-refractivity contribution < 1.29 is 19.4 Å². The number of aromatic nitrogens is 1. The highest BCUT2D eigenvalue weighted by Gasteiger charge is 2.33. The first-order valence-electron chi connectivity index (χ1n) is 7.78. The van der Waals surface area contributed by atoms with E-state index in [1.807, 2.05) is 18.3 Å². The molecule has 1 saturated carbocycles. The highest BCUT2D eigenvalue weighted by molar-refractivity contribution is 5.88. The number of aliphatic hydroxyl groups excluding tert-OH is 1. The lowest BCUT2D eigenvalue weighted by molar-refractivity contribution is 0.0718. The zero-order valence-corrected chi connectivity index (χ0v) is 12.8. The van der Waals surface area contributed by atoms with E-state index in [1.165, 1.54) is 10.5 Å². The van der Waals surface area contributed by atoms with E-state index in [2.05, 4.69) is 4.98 Å². The fraction of sp³-hybridized carbons (Fsp3) is 0.625. The van der Waals surface area contributed by atoms with Crippen LogP contribution in [-0.4, -0.2) is 48.7 Å². The number of carbonyl (C=O) groups excluding carboxylic acids is 1. The van der Waals surface area contributed by atoms with Crippen molar-refractivity contribution in [2.75, 3.05) is 25.2 Å². The SMILES string of the molecule is COC[C@@H]1CN(c2ccc(C3CCC(O)CC3)cn2)C(=O)O1. The summed E-state index contributed by atoms with van der Waals surface area (Å²) in [5.41, 5.74) is 1.18. The lowest BCUT2D eigenvalue weighted by Crippen LogP contribution is -2.26. The molecule has 2 heterocycles. The lowest BCUT2D eigenvalue weighted by Gasteiger charge is -2.25. The predicted molar refractivity (Wildman–Crippen MR) is 80.9 cm³/mol. The van der Waals surface area contributed by atoms with Gasteiger partial charge < -0.3 is 14.6 Å². The molecule has 1 aromatic rings. The van der Waals surface area contributed by atoms with Crippen molar-refractivity contribution in [3.63, 3.8) is 0 Å². The molecule has 0 aromatic carbocycles. The number of cyclic esters (lactones) is 1. The third kappa shape index (κ3) is 3.23. The Morgan fingerprint density at radius 2 is 2.14 bits per heavy atom. The van der Waals surface area contributed by atoms with Gasteiger partial charge in [-0.2, -0.15) is 0 Å². The fourth-order valence-corrected chi connectivity index (χ4v) is 3.19. The van der Waals surface area contributed by atoms with E-state index >= 15 is 0 Å². The molecule has 2 fully saturated rings. The highest BCUT2D eigenvalue weighted by atomic mass is 16.6. The Morgan fingerprint density at radius 3 is 2.77 bits per heavy atom. The molecule has 0 bridgehead atoms. The molecule has 6 heteroatoms. The molecule has 3 rings (SSSR count). The van der Waals surface area contributed by atoms with Gasteiger partial charge >= 0.3 is 6.09 Å². The van der Waals surface area contributed by atoms with Gasteiger partial charge in [-0.05, 0) is 43.2 Å². The zero-order valence-electron chi connectivity index (χ0n) is 12.8. The van der Waals surface area contributed by atoms with Gasteiger partial charge in [-0.15, -0.1) is 0 Å². The number of nitrogens with zero attached hydrogens (tertiary/aromatic N) is 2. The summed E-state index contributed by atoms with van der Waals surface area (Å²) >= 11 is 0. The number of carbonyl (C=O) groups is 1. The van der Waals surface area contributed by atoms with Crippen LogP contribution in [0.5, 0.6) is 0 Å². The van der Waals surface area contributed by atoms with Gasteiger partial charge in [-0.3, -0.25) is 4.90 Å². The third-order valence-electron chi connectivity index (χ3n) is 4.44. The average molecular weight is 306 g/mol. The van der Waals surface area contributed by atoms with Crippen LogP contribution in [0.3, 0.4) is 0 Å². The van der Waals surface area contributed by atoms with Gasteiger partial charge in [-0.1, -0.05) is 6.07 Å². The number of hydrogen-bond donors (Lipinski definition) is 1. The van der Waals surface area contributed by atoms with Crippen LogP contribution in [-0.2, 0) is 9.47 Å². The van der Waals surface area contributed by atoms with Crippen LogP contribution in [0.25, 0.3) is 0 Å². The number of aliphatic hydroxyl groups is 1. The van der Waals surface area contributed by atoms with Gasteiger partial charge in [-0.25, -0.2) is 9.78 Å².